The molecule has 28 heavy (non-hydrogen) atoms. The Morgan fingerprint density at radius 1 is 1.25 bits per heavy atom. The van der Waals surface area contributed by atoms with Crippen molar-refractivity contribution in [3.05, 3.63) is 81.5 Å². The Bertz CT molecular complexity index is 1240. The smallest absolute Gasteiger partial charge is 0.247 e. The standard InChI is InChI=1S/C20H16N6O2/c27-18-6-2-13(10-22-18)19-20(26-8-7-21-11-17(26)24-19)23-14-3-4-15-12(9-14)1-5-16(15)25-28/h2-4,6-11,16,23H,1,5H2,(H,22,27). The maximum absolute atomic E-state index is 11.4. The molecule has 0 amide bonds. The fourth-order valence-corrected chi connectivity index (χ4v) is 3.70. The van der Waals surface area contributed by atoms with Crippen LogP contribution in [0.5, 0.6) is 0 Å². The van der Waals surface area contributed by atoms with Crippen LogP contribution in [0.4, 0.5) is 11.5 Å². The van der Waals surface area contributed by atoms with Gasteiger partial charge in [-0.1, -0.05) is 11.2 Å². The number of benzene rings is 1. The lowest BCUT2D eigenvalue weighted by Gasteiger charge is -2.11. The Kier molecular flexibility index (Phi) is 3.75. The molecule has 8 nitrogen and oxygen atoms in total. The normalized spacial score (nSPS) is 15.5. The summed E-state index contributed by atoms with van der Waals surface area (Å²) in [7, 11) is 0. The van der Waals surface area contributed by atoms with Crippen molar-refractivity contribution in [3.63, 3.8) is 0 Å². The van der Waals surface area contributed by atoms with Crippen LogP contribution in [-0.2, 0) is 6.42 Å². The van der Waals surface area contributed by atoms with Gasteiger partial charge in [0.05, 0.1) is 6.20 Å². The molecule has 0 fully saturated rings. The number of pyridine rings is 1. The Morgan fingerprint density at radius 2 is 2.18 bits per heavy atom. The Labute approximate surface area is 159 Å². The van der Waals surface area contributed by atoms with Gasteiger partial charge in [0.1, 0.15) is 17.6 Å². The molecule has 2 N–H and O–H groups in total. The average molecular weight is 372 g/mol. The van der Waals surface area contributed by atoms with E-state index in [1.807, 2.05) is 22.7 Å². The van der Waals surface area contributed by atoms with Crippen molar-refractivity contribution in [2.75, 3.05) is 5.32 Å². The Hall–Kier alpha value is -3.81. The molecular formula is C20H16N6O2. The topological polar surface area (TPSA) is 105 Å². The van der Waals surface area contributed by atoms with Gasteiger partial charge in [-0.15, -0.1) is 0 Å². The summed E-state index contributed by atoms with van der Waals surface area (Å²) in [5.74, 6) is 0.771. The highest BCUT2D eigenvalue weighted by atomic mass is 16.3. The number of aromatic amines is 1. The zero-order chi connectivity index (χ0) is 19.1. The van der Waals surface area contributed by atoms with Crippen molar-refractivity contribution in [2.24, 2.45) is 5.18 Å². The lowest BCUT2D eigenvalue weighted by Crippen LogP contribution is -2.02. The van der Waals surface area contributed by atoms with E-state index in [1.54, 1.807) is 24.7 Å². The third kappa shape index (κ3) is 2.66. The molecule has 0 aliphatic heterocycles. The maximum atomic E-state index is 11.4. The first kappa shape index (κ1) is 16.4. The van der Waals surface area contributed by atoms with Crippen molar-refractivity contribution in [3.8, 4) is 11.3 Å². The van der Waals surface area contributed by atoms with Crippen molar-refractivity contribution in [1.29, 1.82) is 0 Å². The van der Waals surface area contributed by atoms with Crippen LogP contribution in [0, 0.1) is 4.91 Å². The molecule has 3 heterocycles. The van der Waals surface area contributed by atoms with Gasteiger partial charge >= 0.3 is 0 Å². The van der Waals surface area contributed by atoms with Crippen LogP contribution in [0.25, 0.3) is 16.9 Å². The highest BCUT2D eigenvalue weighted by molar-refractivity contribution is 5.79. The number of imidazole rings is 1. The van der Waals surface area contributed by atoms with Crippen molar-refractivity contribution < 1.29 is 0 Å². The highest BCUT2D eigenvalue weighted by Crippen LogP contribution is 2.37. The molecule has 4 aromatic rings. The van der Waals surface area contributed by atoms with Gasteiger partial charge in [-0.3, -0.25) is 14.2 Å². The van der Waals surface area contributed by atoms with Crippen LogP contribution in [-0.4, -0.2) is 19.4 Å². The first-order chi connectivity index (χ1) is 13.7. The van der Waals surface area contributed by atoms with E-state index in [9.17, 15) is 9.70 Å². The minimum Gasteiger partial charge on any atom is -0.339 e. The molecule has 5 rings (SSSR count). The number of hydrogen-bond donors (Lipinski definition) is 2. The number of aryl methyl sites for hydroxylation is 1. The van der Waals surface area contributed by atoms with Gasteiger partial charge < -0.3 is 10.3 Å². The van der Waals surface area contributed by atoms with E-state index in [2.05, 4.69) is 31.5 Å². The summed E-state index contributed by atoms with van der Waals surface area (Å²) in [6.45, 7) is 0. The van der Waals surface area contributed by atoms with E-state index < -0.39 is 0 Å². The van der Waals surface area contributed by atoms with Crippen LogP contribution >= 0.6 is 0 Å². The predicted octanol–water partition coefficient (Wildman–Crippen LogP) is 3.58. The molecule has 138 valence electrons. The van der Waals surface area contributed by atoms with E-state index in [0.29, 0.717) is 11.3 Å². The molecule has 3 aromatic heterocycles. The third-order valence-electron chi connectivity index (χ3n) is 5.07. The second kappa shape index (κ2) is 6.41. The molecule has 8 heteroatoms. The number of nitrogens with zero attached hydrogens (tertiary/aromatic N) is 4. The molecule has 1 aromatic carbocycles. The summed E-state index contributed by atoms with van der Waals surface area (Å²) in [4.78, 5) is 33.9. The molecule has 1 aliphatic carbocycles. The largest absolute Gasteiger partial charge is 0.339 e. The van der Waals surface area contributed by atoms with E-state index in [0.717, 1.165) is 41.0 Å². The monoisotopic (exact) mass is 372 g/mol. The summed E-state index contributed by atoms with van der Waals surface area (Å²) in [6, 6.07) is 8.92. The van der Waals surface area contributed by atoms with Crippen LogP contribution in [0.3, 0.4) is 0 Å². The molecular weight excluding hydrogens is 356 g/mol. The highest BCUT2D eigenvalue weighted by Gasteiger charge is 2.23. The zero-order valence-electron chi connectivity index (χ0n) is 14.8. The van der Waals surface area contributed by atoms with Gasteiger partial charge in [0, 0.05) is 35.9 Å². The summed E-state index contributed by atoms with van der Waals surface area (Å²) >= 11 is 0. The molecule has 0 saturated carbocycles. The number of nitroso groups, excluding NO2 is 1. The number of anilines is 2. The molecule has 1 atom stereocenters. The van der Waals surface area contributed by atoms with E-state index in [1.165, 1.54) is 6.07 Å². The van der Waals surface area contributed by atoms with E-state index in [4.69, 9.17) is 0 Å². The molecule has 1 unspecified atom stereocenters. The first-order valence-corrected chi connectivity index (χ1v) is 8.96. The van der Waals surface area contributed by atoms with E-state index in [-0.39, 0.29) is 11.6 Å². The summed E-state index contributed by atoms with van der Waals surface area (Å²) in [6.07, 6.45) is 8.45. The zero-order valence-corrected chi connectivity index (χ0v) is 14.8. The third-order valence-corrected chi connectivity index (χ3v) is 5.07. The van der Waals surface area contributed by atoms with Crippen LogP contribution < -0.4 is 10.9 Å². The fourth-order valence-electron chi connectivity index (χ4n) is 3.70. The summed E-state index contributed by atoms with van der Waals surface area (Å²) < 4.78 is 1.91. The minimum absolute atomic E-state index is 0.166. The van der Waals surface area contributed by atoms with Crippen LogP contribution in [0.1, 0.15) is 23.6 Å². The van der Waals surface area contributed by atoms with Gasteiger partial charge in [0.25, 0.3) is 0 Å². The SMILES string of the molecule is O=NC1CCc2cc(Nc3c(-c4ccc(=O)[nH]c4)nc4cnccn34)ccc21. The predicted molar refractivity (Wildman–Crippen MR) is 106 cm³/mol. The van der Waals surface area contributed by atoms with Crippen molar-refractivity contribution >= 4 is 17.2 Å². The second-order valence-electron chi connectivity index (χ2n) is 6.75. The molecule has 0 radical (unpaired) electrons. The Balaban J connectivity index is 1.61. The van der Waals surface area contributed by atoms with Gasteiger partial charge in [-0.2, -0.15) is 4.91 Å². The lowest BCUT2D eigenvalue weighted by molar-refractivity contribution is 0.710. The van der Waals surface area contributed by atoms with Gasteiger partial charge in [-0.05, 0) is 42.2 Å². The molecule has 0 spiro atoms. The van der Waals surface area contributed by atoms with Crippen LogP contribution in [0.2, 0.25) is 0 Å². The molecule has 0 bridgehead atoms. The number of fused-ring (bicyclic) bond motifs is 2. The lowest BCUT2D eigenvalue weighted by atomic mass is 10.1. The van der Waals surface area contributed by atoms with E-state index >= 15 is 0 Å². The number of nitrogens with one attached hydrogen (secondary N) is 2. The van der Waals surface area contributed by atoms with Gasteiger partial charge in [0.2, 0.25) is 5.56 Å². The summed E-state index contributed by atoms with van der Waals surface area (Å²) in [5, 5.41) is 6.66. The number of aromatic nitrogens is 4. The van der Waals surface area contributed by atoms with Gasteiger partial charge in [0.15, 0.2) is 5.65 Å². The Morgan fingerprint density at radius 3 is 3.00 bits per heavy atom. The molecule has 0 saturated heterocycles. The minimum atomic E-state index is -0.248. The molecule has 1 aliphatic rings. The summed E-state index contributed by atoms with van der Waals surface area (Å²) in [5.41, 5.74) is 5.06. The number of rotatable bonds is 4. The quantitative estimate of drug-likeness (QED) is 0.533. The number of hydrogen-bond acceptors (Lipinski definition) is 6. The fraction of sp³-hybridized carbons (Fsp3) is 0.150. The average Bonchev–Trinajstić information content (AvgIpc) is 3.30. The second-order valence-corrected chi connectivity index (χ2v) is 6.75. The van der Waals surface area contributed by atoms with Gasteiger partial charge in [-0.25, -0.2) is 4.98 Å². The number of H-pyrrole nitrogens is 1. The van der Waals surface area contributed by atoms with Crippen molar-refractivity contribution in [2.45, 2.75) is 18.9 Å². The first-order valence-electron chi connectivity index (χ1n) is 8.96. The van der Waals surface area contributed by atoms with Crippen molar-refractivity contribution in [1.82, 2.24) is 19.4 Å². The maximum Gasteiger partial charge on any atom is 0.247 e. The van der Waals surface area contributed by atoms with Crippen LogP contribution in [0.15, 0.2) is 65.1 Å².